The minimum Gasteiger partial charge on any atom is -0.462 e. The summed E-state index contributed by atoms with van der Waals surface area (Å²) >= 11 is 0. The normalized spacial score (nSPS) is 39.7. The molecule has 2 aliphatic carbocycles. The third-order valence-electron chi connectivity index (χ3n) is 8.37. The maximum atomic E-state index is 12.4. The summed E-state index contributed by atoms with van der Waals surface area (Å²) in [5, 5.41) is 39.1. The van der Waals surface area contributed by atoms with Crippen LogP contribution in [0.3, 0.4) is 0 Å². The molecule has 2 saturated carbocycles. The van der Waals surface area contributed by atoms with Crippen molar-refractivity contribution in [1.29, 1.82) is 0 Å². The van der Waals surface area contributed by atoms with Crippen LogP contribution in [-0.2, 0) is 14.3 Å². The van der Waals surface area contributed by atoms with Crippen LogP contribution in [0, 0.1) is 16.7 Å². The van der Waals surface area contributed by atoms with Gasteiger partial charge in [-0.05, 0) is 54.4 Å². The number of hydrogen-bond donors (Lipinski definition) is 4. The van der Waals surface area contributed by atoms with Crippen LogP contribution in [0.5, 0.6) is 5.75 Å². The van der Waals surface area contributed by atoms with Gasteiger partial charge in [-0.2, -0.15) is 0 Å². The quantitative estimate of drug-likeness (QED) is 0.371. The van der Waals surface area contributed by atoms with Gasteiger partial charge in [0.15, 0.2) is 0 Å². The van der Waals surface area contributed by atoms with Gasteiger partial charge in [0.05, 0.1) is 6.61 Å². The van der Waals surface area contributed by atoms with E-state index in [0.717, 1.165) is 18.4 Å². The second-order valence-corrected chi connectivity index (χ2v) is 10.3. The van der Waals surface area contributed by atoms with Crippen molar-refractivity contribution in [2.75, 3.05) is 6.61 Å². The first-order valence-corrected chi connectivity index (χ1v) is 11.5. The number of carbonyl (C=O) groups is 1. The van der Waals surface area contributed by atoms with E-state index in [4.69, 9.17) is 14.2 Å². The minimum absolute atomic E-state index is 0.0184. The largest absolute Gasteiger partial charge is 0.462 e. The molecule has 182 valence electrons. The first-order valence-electron chi connectivity index (χ1n) is 11.5. The van der Waals surface area contributed by atoms with E-state index >= 15 is 0 Å². The van der Waals surface area contributed by atoms with Gasteiger partial charge < -0.3 is 34.6 Å². The lowest BCUT2D eigenvalue weighted by Gasteiger charge is -2.39. The smallest absolute Gasteiger partial charge is 0.331 e. The number of aliphatic hydroxyl groups excluding tert-OH is 4. The number of benzene rings is 1. The summed E-state index contributed by atoms with van der Waals surface area (Å²) in [6.45, 7) is 6.27. The molecule has 1 aromatic carbocycles. The Bertz CT molecular complexity index is 879. The molecule has 2 bridgehead atoms. The van der Waals surface area contributed by atoms with Gasteiger partial charge in [0.25, 0.3) is 0 Å². The zero-order chi connectivity index (χ0) is 24.0. The fourth-order valence-electron chi connectivity index (χ4n) is 5.61. The molecule has 1 unspecified atom stereocenters. The molecule has 8 atom stereocenters. The lowest BCUT2D eigenvalue weighted by Crippen LogP contribution is -2.60. The van der Waals surface area contributed by atoms with Crippen LogP contribution in [0.1, 0.15) is 45.6 Å². The molecule has 0 amide bonds. The summed E-state index contributed by atoms with van der Waals surface area (Å²) in [7, 11) is 0. The van der Waals surface area contributed by atoms with Crippen molar-refractivity contribution in [2.24, 2.45) is 16.7 Å². The molecule has 1 saturated heterocycles. The first kappa shape index (κ1) is 24.2. The van der Waals surface area contributed by atoms with Gasteiger partial charge in [-0.25, -0.2) is 4.79 Å². The molecule has 3 aliphatic rings. The Labute approximate surface area is 193 Å². The van der Waals surface area contributed by atoms with Crippen molar-refractivity contribution in [3.05, 3.63) is 35.9 Å². The summed E-state index contributed by atoms with van der Waals surface area (Å²) in [6, 6.07) is 6.72. The molecule has 1 aromatic rings. The lowest BCUT2D eigenvalue weighted by molar-refractivity contribution is -0.277. The number of ether oxygens (including phenoxy) is 3. The highest BCUT2D eigenvalue weighted by Gasteiger charge is 2.62. The van der Waals surface area contributed by atoms with Crippen LogP contribution in [0.4, 0.5) is 0 Å². The molecular weight excluding hydrogens is 428 g/mol. The van der Waals surface area contributed by atoms with E-state index in [1.165, 1.54) is 12.5 Å². The van der Waals surface area contributed by atoms with Gasteiger partial charge in [-0.3, -0.25) is 0 Å². The minimum atomic E-state index is -1.50. The Morgan fingerprint density at radius 3 is 2.39 bits per heavy atom. The number of esters is 1. The highest BCUT2D eigenvalue weighted by molar-refractivity contribution is 5.87. The molecule has 0 radical (unpaired) electrons. The number of aliphatic hydroxyl groups is 4. The highest BCUT2D eigenvalue weighted by Crippen LogP contribution is 2.66. The van der Waals surface area contributed by atoms with Crippen molar-refractivity contribution < 1.29 is 39.4 Å². The number of carbonyl (C=O) groups excluding carboxylic acids is 1. The number of rotatable bonds is 6. The third-order valence-corrected chi connectivity index (χ3v) is 8.37. The van der Waals surface area contributed by atoms with E-state index in [0.29, 0.717) is 11.7 Å². The average Bonchev–Trinajstić information content (AvgIpc) is 3.12. The topological polar surface area (TPSA) is 126 Å². The standard InChI is InChI=1S/C25H34O8/c1-24(2)15-10-11-25(24,3)18(12-15)33-19(27)9-6-14-4-7-16(8-5-14)31-23-22(30)21(29)20(28)17(13-26)32-23/h4-9,15,17-18,20-23,26,28-30H,10-13H2,1-3H3/t15-,17-,18+,20-,21+,22-,23?,25+/m1/s1. The van der Waals surface area contributed by atoms with Crippen LogP contribution >= 0.6 is 0 Å². The average molecular weight is 463 g/mol. The molecule has 33 heavy (non-hydrogen) atoms. The van der Waals surface area contributed by atoms with E-state index in [1.807, 2.05) is 0 Å². The van der Waals surface area contributed by atoms with Gasteiger partial charge in [-0.15, -0.1) is 0 Å². The molecule has 0 aromatic heterocycles. The van der Waals surface area contributed by atoms with Crippen molar-refractivity contribution >= 4 is 12.0 Å². The summed E-state index contributed by atoms with van der Waals surface area (Å²) in [5.41, 5.74) is 0.954. The van der Waals surface area contributed by atoms with Gasteiger partial charge in [0.1, 0.15) is 36.3 Å². The second kappa shape index (κ2) is 9.00. The Morgan fingerprint density at radius 1 is 1.12 bits per heavy atom. The van der Waals surface area contributed by atoms with E-state index in [-0.39, 0.29) is 22.9 Å². The molecule has 8 nitrogen and oxygen atoms in total. The fourth-order valence-corrected chi connectivity index (χ4v) is 5.61. The molecule has 1 aliphatic heterocycles. The summed E-state index contributed by atoms with van der Waals surface area (Å²) < 4.78 is 16.7. The van der Waals surface area contributed by atoms with Crippen molar-refractivity contribution in [3.63, 3.8) is 0 Å². The van der Waals surface area contributed by atoms with E-state index in [2.05, 4.69) is 20.8 Å². The number of hydrogen-bond acceptors (Lipinski definition) is 8. The predicted octanol–water partition coefficient (Wildman–Crippen LogP) is 1.64. The molecule has 4 rings (SSSR count). The molecule has 1 heterocycles. The number of fused-ring (bicyclic) bond motifs is 2. The Kier molecular flexibility index (Phi) is 6.59. The zero-order valence-electron chi connectivity index (χ0n) is 19.3. The molecule has 4 N–H and O–H groups in total. The third kappa shape index (κ3) is 4.31. The van der Waals surface area contributed by atoms with Crippen molar-refractivity contribution in [3.8, 4) is 5.75 Å². The predicted molar refractivity (Wildman–Crippen MR) is 119 cm³/mol. The maximum absolute atomic E-state index is 12.4. The lowest BCUT2D eigenvalue weighted by atomic mass is 9.70. The Balaban J connectivity index is 1.33. The highest BCUT2D eigenvalue weighted by atomic mass is 16.7. The Morgan fingerprint density at radius 2 is 1.82 bits per heavy atom. The van der Waals surface area contributed by atoms with Crippen LogP contribution in [-0.4, -0.2) is 69.8 Å². The summed E-state index contributed by atoms with van der Waals surface area (Å²) in [5.74, 6) is 0.600. The van der Waals surface area contributed by atoms with Crippen LogP contribution in [0.2, 0.25) is 0 Å². The van der Waals surface area contributed by atoms with Gasteiger partial charge in [-0.1, -0.05) is 32.9 Å². The summed E-state index contributed by atoms with van der Waals surface area (Å²) in [6.07, 6.45) is -0.458. The monoisotopic (exact) mass is 462 g/mol. The second-order valence-electron chi connectivity index (χ2n) is 10.3. The molecule has 8 heteroatoms. The molecule has 3 fully saturated rings. The summed E-state index contributed by atoms with van der Waals surface area (Å²) in [4.78, 5) is 12.4. The van der Waals surface area contributed by atoms with E-state index in [1.54, 1.807) is 30.3 Å². The van der Waals surface area contributed by atoms with Crippen LogP contribution in [0.15, 0.2) is 30.3 Å². The van der Waals surface area contributed by atoms with Crippen LogP contribution in [0.25, 0.3) is 6.08 Å². The molecular formula is C25H34O8. The van der Waals surface area contributed by atoms with Crippen molar-refractivity contribution in [2.45, 2.75) is 76.8 Å². The van der Waals surface area contributed by atoms with Crippen LogP contribution < -0.4 is 4.74 Å². The van der Waals surface area contributed by atoms with E-state index < -0.39 is 37.3 Å². The maximum Gasteiger partial charge on any atom is 0.331 e. The van der Waals surface area contributed by atoms with Crippen molar-refractivity contribution in [1.82, 2.24) is 0 Å². The Hall–Kier alpha value is -1.97. The molecule has 0 spiro atoms. The first-order chi connectivity index (χ1) is 15.6. The van der Waals surface area contributed by atoms with Gasteiger partial charge in [0, 0.05) is 11.5 Å². The van der Waals surface area contributed by atoms with E-state index in [9.17, 15) is 25.2 Å². The van der Waals surface area contributed by atoms with Gasteiger partial charge >= 0.3 is 5.97 Å². The van der Waals surface area contributed by atoms with Gasteiger partial charge in [0.2, 0.25) is 6.29 Å². The zero-order valence-corrected chi connectivity index (χ0v) is 19.3. The SMILES string of the molecule is CC1(C)[C@@H]2CC[C@@]1(C)[C@@H](OC(=O)C=Cc1ccc(OC3O[C@H](CO)[C@@H](O)[C@H](O)[C@H]3O)cc1)C2. The fraction of sp³-hybridized carbons (Fsp3) is 0.640.